The van der Waals surface area contributed by atoms with Gasteiger partial charge in [-0.05, 0) is 45.0 Å². The van der Waals surface area contributed by atoms with Crippen molar-refractivity contribution in [2.45, 2.75) is 32.4 Å². The number of nitrogens with one attached hydrogen (secondary N) is 2. The molecule has 0 aromatic carbocycles. The van der Waals surface area contributed by atoms with Gasteiger partial charge in [-0.25, -0.2) is 4.79 Å². The molecule has 1 aromatic rings. The van der Waals surface area contributed by atoms with E-state index >= 15 is 0 Å². The summed E-state index contributed by atoms with van der Waals surface area (Å²) in [6, 6.07) is 2.28. The number of nitrogens with zero attached hydrogens (tertiary/aromatic N) is 1. The summed E-state index contributed by atoms with van der Waals surface area (Å²) in [6.07, 6.45) is 2.90. The van der Waals surface area contributed by atoms with E-state index in [1.807, 2.05) is 11.0 Å². The highest BCUT2D eigenvalue weighted by Crippen LogP contribution is 2.19. The van der Waals surface area contributed by atoms with Crippen LogP contribution >= 0.6 is 0 Å². The van der Waals surface area contributed by atoms with Crippen molar-refractivity contribution >= 4 is 17.8 Å². The minimum Gasteiger partial charge on any atom is -0.467 e. The van der Waals surface area contributed by atoms with Crippen LogP contribution < -0.4 is 16.4 Å². The van der Waals surface area contributed by atoms with Gasteiger partial charge in [-0.2, -0.15) is 0 Å². The first-order valence-corrected chi connectivity index (χ1v) is 7.62. The molecule has 8 nitrogen and oxygen atoms in total. The quantitative estimate of drug-likeness (QED) is 0.715. The lowest BCUT2D eigenvalue weighted by atomic mass is 9.95. The van der Waals surface area contributed by atoms with Crippen LogP contribution in [0.15, 0.2) is 22.8 Å². The summed E-state index contributed by atoms with van der Waals surface area (Å²) in [7, 11) is 0. The second-order valence-electron chi connectivity index (χ2n) is 5.64. The summed E-state index contributed by atoms with van der Waals surface area (Å²) in [4.78, 5) is 36.6. The molecule has 1 saturated heterocycles. The zero-order valence-electron chi connectivity index (χ0n) is 13.1. The number of amides is 4. The third-order valence-electron chi connectivity index (χ3n) is 4.09. The average molecular weight is 322 g/mol. The Labute approximate surface area is 134 Å². The molecule has 0 unspecified atom stereocenters. The lowest BCUT2D eigenvalue weighted by Crippen LogP contribution is -2.51. The van der Waals surface area contributed by atoms with E-state index in [4.69, 9.17) is 10.2 Å². The Morgan fingerprint density at radius 2 is 2.09 bits per heavy atom. The number of piperidine rings is 1. The molecule has 0 radical (unpaired) electrons. The molecule has 1 aliphatic rings. The first kappa shape index (κ1) is 17.0. The molecule has 0 bridgehead atoms. The molecular formula is C15H22N4O4. The number of carbonyl (C=O) groups is 3. The number of likely N-dealkylation sites (tertiary alicyclic amines) is 1. The van der Waals surface area contributed by atoms with E-state index in [0.717, 1.165) is 0 Å². The summed E-state index contributed by atoms with van der Waals surface area (Å²) >= 11 is 0. The van der Waals surface area contributed by atoms with Crippen LogP contribution in [0, 0.1) is 5.92 Å². The Kier molecular flexibility index (Phi) is 5.75. The lowest BCUT2D eigenvalue weighted by Gasteiger charge is -2.34. The van der Waals surface area contributed by atoms with Crippen molar-refractivity contribution in [2.24, 2.45) is 11.7 Å². The molecule has 23 heavy (non-hydrogen) atoms. The molecular weight excluding hydrogens is 300 g/mol. The van der Waals surface area contributed by atoms with Gasteiger partial charge in [-0.3, -0.25) is 19.8 Å². The van der Waals surface area contributed by atoms with Crippen LogP contribution in [0.1, 0.15) is 25.5 Å². The standard InChI is InChI=1S/C15H22N4O4/c1-10(13(20)18-15(16)22)19-6-4-11(5-7-19)14(21)17-9-12-3-2-8-23-12/h2-3,8,10-11H,4-7,9H2,1H3,(H,17,21)(H3,16,18,20,22)/t10-/m1/s1. The normalized spacial score (nSPS) is 17.4. The van der Waals surface area contributed by atoms with Crippen molar-refractivity contribution in [3.8, 4) is 0 Å². The highest BCUT2D eigenvalue weighted by molar-refractivity contribution is 5.96. The monoisotopic (exact) mass is 322 g/mol. The molecule has 4 N–H and O–H groups in total. The van der Waals surface area contributed by atoms with Crippen LogP contribution in [0.25, 0.3) is 0 Å². The highest BCUT2D eigenvalue weighted by Gasteiger charge is 2.30. The third-order valence-corrected chi connectivity index (χ3v) is 4.09. The van der Waals surface area contributed by atoms with Crippen LogP contribution in [0.5, 0.6) is 0 Å². The van der Waals surface area contributed by atoms with Crippen molar-refractivity contribution in [3.63, 3.8) is 0 Å². The minimum absolute atomic E-state index is 0.00436. The second kappa shape index (κ2) is 7.77. The van der Waals surface area contributed by atoms with Crippen molar-refractivity contribution in [2.75, 3.05) is 13.1 Å². The number of primary amides is 1. The largest absolute Gasteiger partial charge is 0.467 e. The van der Waals surface area contributed by atoms with Gasteiger partial charge in [0.15, 0.2) is 0 Å². The number of nitrogens with two attached hydrogens (primary N) is 1. The maximum absolute atomic E-state index is 12.1. The first-order chi connectivity index (χ1) is 11.0. The smallest absolute Gasteiger partial charge is 0.318 e. The molecule has 1 fully saturated rings. The van der Waals surface area contributed by atoms with E-state index in [2.05, 4.69) is 10.6 Å². The molecule has 1 aliphatic heterocycles. The molecule has 2 heterocycles. The van der Waals surface area contributed by atoms with Gasteiger partial charge in [0.05, 0.1) is 18.8 Å². The number of imide groups is 1. The van der Waals surface area contributed by atoms with E-state index in [9.17, 15) is 14.4 Å². The van der Waals surface area contributed by atoms with Crippen LogP contribution in [-0.2, 0) is 16.1 Å². The molecule has 2 rings (SSSR count). The molecule has 8 heteroatoms. The summed E-state index contributed by atoms with van der Waals surface area (Å²) in [5, 5.41) is 4.93. The Bertz CT molecular complexity index is 550. The van der Waals surface area contributed by atoms with Crippen molar-refractivity contribution in [1.29, 1.82) is 0 Å². The van der Waals surface area contributed by atoms with Gasteiger partial charge in [0.1, 0.15) is 5.76 Å². The van der Waals surface area contributed by atoms with E-state index in [0.29, 0.717) is 38.2 Å². The Morgan fingerprint density at radius 3 is 2.65 bits per heavy atom. The van der Waals surface area contributed by atoms with Gasteiger partial charge in [-0.15, -0.1) is 0 Å². The topological polar surface area (TPSA) is 118 Å². The van der Waals surface area contributed by atoms with E-state index in [-0.39, 0.29) is 11.8 Å². The zero-order chi connectivity index (χ0) is 16.8. The number of hydrogen-bond acceptors (Lipinski definition) is 5. The van der Waals surface area contributed by atoms with Crippen LogP contribution in [0.3, 0.4) is 0 Å². The Balaban J connectivity index is 1.75. The summed E-state index contributed by atoms with van der Waals surface area (Å²) in [5.41, 5.74) is 4.95. The molecule has 1 atom stereocenters. The predicted molar refractivity (Wildman–Crippen MR) is 82.0 cm³/mol. The number of rotatable bonds is 5. The molecule has 0 saturated carbocycles. The fourth-order valence-corrected chi connectivity index (χ4v) is 2.67. The van der Waals surface area contributed by atoms with Crippen LogP contribution in [0.2, 0.25) is 0 Å². The molecule has 0 spiro atoms. The van der Waals surface area contributed by atoms with E-state index < -0.39 is 18.0 Å². The van der Waals surface area contributed by atoms with Gasteiger partial charge in [0.25, 0.3) is 0 Å². The van der Waals surface area contributed by atoms with Gasteiger partial charge >= 0.3 is 6.03 Å². The molecule has 1 aromatic heterocycles. The predicted octanol–water partition coefficient (Wildman–Crippen LogP) is 0.191. The van der Waals surface area contributed by atoms with Crippen molar-refractivity contribution < 1.29 is 18.8 Å². The van der Waals surface area contributed by atoms with Gasteiger partial charge in [0.2, 0.25) is 11.8 Å². The summed E-state index contributed by atoms with van der Waals surface area (Å²) in [5.74, 6) is 0.216. The second-order valence-corrected chi connectivity index (χ2v) is 5.64. The molecule has 4 amide bonds. The molecule has 0 aliphatic carbocycles. The van der Waals surface area contributed by atoms with Crippen LogP contribution in [-0.4, -0.2) is 41.9 Å². The maximum atomic E-state index is 12.1. The Morgan fingerprint density at radius 1 is 1.39 bits per heavy atom. The van der Waals surface area contributed by atoms with Crippen molar-refractivity contribution in [1.82, 2.24) is 15.5 Å². The molecule has 126 valence electrons. The first-order valence-electron chi connectivity index (χ1n) is 7.62. The maximum Gasteiger partial charge on any atom is 0.318 e. The third kappa shape index (κ3) is 4.82. The minimum atomic E-state index is -0.853. The van der Waals surface area contributed by atoms with E-state index in [1.54, 1.807) is 19.3 Å². The number of furan rings is 1. The van der Waals surface area contributed by atoms with Crippen molar-refractivity contribution in [3.05, 3.63) is 24.2 Å². The van der Waals surface area contributed by atoms with E-state index in [1.165, 1.54) is 0 Å². The Hall–Kier alpha value is -2.35. The number of carbonyl (C=O) groups excluding carboxylic acids is 3. The van der Waals surface area contributed by atoms with Gasteiger partial charge in [-0.1, -0.05) is 0 Å². The number of urea groups is 1. The SMILES string of the molecule is C[C@H](C(=O)NC(N)=O)N1CCC(C(=O)NCc2ccco2)CC1. The van der Waals surface area contributed by atoms with Gasteiger partial charge in [0, 0.05) is 5.92 Å². The zero-order valence-corrected chi connectivity index (χ0v) is 13.1. The average Bonchev–Trinajstić information content (AvgIpc) is 3.04. The fourth-order valence-electron chi connectivity index (χ4n) is 2.67. The summed E-state index contributed by atoms with van der Waals surface area (Å²) in [6.45, 7) is 3.33. The lowest BCUT2D eigenvalue weighted by molar-refractivity contribution is -0.128. The number of hydrogen-bond donors (Lipinski definition) is 3. The van der Waals surface area contributed by atoms with Gasteiger partial charge < -0.3 is 15.5 Å². The fraction of sp³-hybridized carbons (Fsp3) is 0.533. The summed E-state index contributed by atoms with van der Waals surface area (Å²) < 4.78 is 5.17. The van der Waals surface area contributed by atoms with Crippen LogP contribution in [0.4, 0.5) is 4.79 Å². The highest BCUT2D eigenvalue weighted by atomic mass is 16.3.